The fourth-order valence-electron chi connectivity index (χ4n) is 1.06. The summed E-state index contributed by atoms with van der Waals surface area (Å²) in [5, 5.41) is 1.77. The van der Waals surface area contributed by atoms with Crippen molar-refractivity contribution in [3.05, 3.63) is 16.3 Å². The normalized spacial score (nSPS) is 10.7. The summed E-state index contributed by atoms with van der Waals surface area (Å²) in [6, 6.07) is 1.69. The topological polar surface area (TPSA) is 61.5 Å². The Morgan fingerprint density at radius 3 is 2.81 bits per heavy atom. The first kappa shape index (κ1) is 13.0. The van der Waals surface area contributed by atoms with Crippen molar-refractivity contribution in [2.24, 2.45) is 5.92 Å². The molecule has 0 atom stereocenters. The molecule has 0 saturated heterocycles. The molecule has 1 aromatic heterocycles. The molecule has 1 aromatic rings. The molecule has 0 fully saturated rings. The number of hydrogen-bond donors (Lipinski definition) is 1. The number of nitrogen functional groups attached to an aromatic ring is 1. The molecule has 0 radical (unpaired) electrons. The van der Waals surface area contributed by atoms with Crippen molar-refractivity contribution < 1.29 is 14.3 Å². The number of carbonyl (C=O) groups excluding carboxylic acids is 1. The fraction of sp³-hybridized carbons (Fsp3) is 0.545. The van der Waals surface area contributed by atoms with Gasteiger partial charge in [-0.15, -0.1) is 11.3 Å². The zero-order valence-corrected chi connectivity index (χ0v) is 10.4. The monoisotopic (exact) mass is 243 g/mol. The summed E-state index contributed by atoms with van der Waals surface area (Å²) in [5.41, 5.74) is 6.06. The third kappa shape index (κ3) is 4.20. The smallest absolute Gasteiger partial charge is 0.350 e. The van der Waals surface area contributed by atoms with Crippen LogP contribution in [-0.4, -0.2) is 25.8 Å². The fourth-order valence-corrected chi connectivity index (χ4v) is 1.77. The number of carbonyl (C=O) groups is 1. The van der Waals surface area contributed by atoms with E-state index < -0.39 is 0 Å². The lowest BCUT2D eigenvalue weighted by Crippen LogP contribution is -2.12. The van der Waals surface area contributed by atoms with Crippen LogP contribution in [0.15, 0.2) is 11.4 Å². The molecular formula is C11H17NO3S. The molecule has 0 aliphatic rings. The molecule has 0 aromatic carbocycles. The number of thiophene rings is 1. The lowest BCUT2D eigenvalue weighted by molar-refractivity contribution is 0.0283. The van der Waals surface area contributed by atoms with E-state index in [0.29, 0.717) is 29.7 Å². The van der Waals surface area contributed by atoms with E-state index in [0.717, 1.165) is 0 Å². The number of anilines is 1. The summed E-state index contributed by atoms with van der Waals surface area (Å²) in [4.78, 5) is 11.9. The van der Waals surface area contributed by atoms with Gasteiger partial charge in [-0.2, -0.15) is 0 Å². The molecule has 5 heteroatoms. The van der Waals surface area contributed by atoms with Crippen LogP contribution in [-0.2, 0) is 9.47 Å². The molecule has 0 spiro atoms. The zero-order valence-electron chi connectivity index (χ0n) is 9.56. The molecule has 0 bridgehead atoms. The summed E-state index contributed by atoms with van der Waals surface area (Å²) in [7, 11) is 0. The van der Waals surface area contributed by atoms with Crippen molar-refractivity contribution in [2.45, 2.75) is 13.8 Å². The third-order valence-electron chi connectivity index (χ3n) is 1.79. The highest BCUT2D eigenvalue weighted by Gasteiger charge is 2.12. The van der Waals surface area contributed by atoms with Crippen LogP contribution in [0.2, 0.25) is 0 Å². The second kappa shape index (κ2) is 6.50. The quantitative estimate of drug-likeness (QED) is 0.614. The standard InChI is InChI=1S/C11H17NO3S/c1-8(2)7-14-4-5-15-11(13)10-9(12)3-6-16-10/h3,6,8H,4-5,7,12H2,1-2H3. The molecule has 0 aliphatic carbocycles. The Hall–Kier alpha value is -1.07. The van der Waals surface area contributed by atoms with E-state index >= 15 is 0 Å². The van der Waals surface area contributed by atoms with E-state index in [1.807, 2.05) is 0 Å². The molecular weight excluding hydrogens is 226 g/mol. The molecule has 0 unspecified atom stereocenters. The van der Waals surface area contributed by atoms with Gasteiger partial charge in [-0.05, 0) is 17.4 Å². The SMILES string of the molecule is CC(C)COCCOC(=O)c1sccc1N. The minimum Gasteiger partial charge on any atom is -0.459 e. The summed E-state index contributed by atoms with van der Waals surface area (Å²) >= 11 is 1.29. The number of ether oxygens (including phenoxy) is 2. The molecule has 90 valence electrons. The van der Waals surface area contributed by atoms with Gasteiger partial charge in [0.1, 0.15) is 11.5 Å². The highest BCUT2D eigenvalue weighted by atomic mass is 32.1. The summed E-state index contributed by atoms with van der Waals surface area (Å²) in [6.45, 7) is 5.51. The van der Waals surface area contributed by atoms with Gasteiger partial charge in [-0.1, -0.05) is 13.8 Å². The summed E-state index contributed by atoms with van der Waals surface area (Å²) in [6.07, 6.45) is 0. The van der Waals surface area contributed by atoms with Crippen molar-refractivity contribution in [1.82, 2.24) is 0 Å². The Morgan fingerprint density at radius 2 is 2.25 bits per heavy atom. The average molecular weight is 243 g/mol. The van der Waals surface area contributed by atoms with E-state index in [1.165, 1.54) is 11.3 Å². The van der Waals surface area contributed by atoms with Gasteiger partial charge in [0, 0.05) is 6.61 Å². The number of esters is 1. The van der Waals surface area contributed by atoms with Crippen LogP contribution in [0.3, 0.4) is 0 Å². The van der Waals surface area contributed by atoms with Crippen LogP contribution >= 0.6 is 11.3 Å². The van der Waals surface area contributed by atoms with Gasteiger partial charge in [-0.3, -0.25) is 0 Å². The number of hydrogen-bond acceptors (Lipinski definition) is 5. The first-order valence-electron chi connectivity index (χ1n) is 5.19. The predicted molar refractivity (Wildman–Crippen MR) is 64.7 cm³/mol. The molecule has 1 rings (SSSR count). The van der Waals surface area contributed by atoms with Crippen LogP contribution in [0.5, 0.6) is 0 Å². The van der Waals surface area contributed by atoms with Gasteiger partial charge in [0.05, 0.1) is 12.3 Å². The summed E-state index contributed by atoms with van der Waals surface area (Å²) < 4.78 is 10.3. The van der Waals surface area contributed by atoms with E-state index in [1.54, 1.807) is 11.4 Å². The zero-order chi connectivity index (χ0) is 12.0. The largest absolute Gasteiger partial charge is 0.459 e. The maximum atomic E-state index is 11.5. The average Bonchev–Trinajstić information content (AvgIpc) is 2.63. The maximum Gasteiger partial charge on any atom is 0.350 e. The van der Waals surface area contributed by atoms with Crippen LogP contribution in [0.1, 0.15) is 23.5 Å². The Kier molecular flexibility index (Phi) is 5.28. The minimum absolute atomic E-state index is 0.267. The molecule has 2 N–H and O–H groups in total. The molecule has 4 nitrogen and oxygen atoms in total. The number of rotatable bonds is 6. The first-order chi connectivity index (χ1) is 7.61. The van der Waals surface area contributed by atoms with Crippen LogP contribution in [0.25, 0.3) is 0 Å². The van der Waals surface area contributed by atoms with Crippen molar-refractivity contribution >= 4 is 23.0 Å². The van der Waals surface area contributed by atoms with E-state index in [4.69, 9.17) is 15.2 Å². The predicted octanol–water partition coefficient (Wildman–Crippen LogP) is 2.16. The second-order valence-electron chi connectivity index (χ2n) is 3.81. The van der Waals surface area contributed by atoms with Gasteiger partial charge in [-0.25, -0.2) is 4.79 Å². The Balaban J connectivity index is 2.19. The van der Waals surface area contributed by atoms with Crippen molar-refractivity contribution in [2.75, 3.05) is 25.6 Å². The van der Waals surface area contributed by atoms with Gasteiger partial charge in [0.2, 0.25) is 0 Å². The lowest BCUT2D eigenvalue weighted by atomic mass is 10.2. The molecule has 0 amide bonds. The Morgan fingerprint density at radius 1 is 1.50 bits per heavy atom. The highest BCUT2D eigenvalue weighted by molar-refractivity contribution is 7.12. The summed E-state index contributed by atoms with van der Waals surface area (Å²) in [5.74, 6) is 0.115. The highest BCUT2D eigenvalue weighted by Crippen LogP contribution is 2.19. The Labute approximate surface area is 99.4 Å². The van der Waals surface area contributed by atoms with Gasteiger partial charge >= 0.3 is 5.97 Å². The number of nitrogens with two attached hydrogens (primary N) is 1. The molecule has 0 saturated carbocycles. The third-order valence-corrected chi connectivity index (χ3v) is 2.70. The van der Waals surface area contributed by atoms with Crippen molar-refractivity contribution in [3.63, 3.8) is 0 Å². The van der Waals surface area contributed by atoms with Crippen molar-refractivity contribution in [1.29, 1.82) is 0 Å². The maximum absolute atomic E-state index is 11.5. The minimum atomic E-state index is -0.374. The van der Waals surface area contributed by atoms with Gasteiger partial charge in [0.15, 0.2) is 0 Å². The van der Waals surface area contributed by atoms with Crippen LogP contribution in [0, 0.1) is 5.92 Å². The van der Waals surface area contributed by atoms with Gasteiger partial charge < -0.3 is 15.2 Å². The second-order valence-corrected chi connectivity index (χ2v) is 4.73. The van der Waals surface area contributed by atoms with Gasteiger partial charge in [0.25, 0.3) is 0 Å². The lowest BCUT2D eigenvalue weighted by Gasteiger charge is -2.07. The van der Waals surface area contributed by atoms with Crippen molar-refractivity contribution in [3.8, 4) is 0 Å². The molecule has 0 aliphatic heterocycles. The van der Waals surface area contributed by atoms with E-state index in [2.05, 4.69) is 13.8 Å². The van der Waals surface area contributed by atoms with Crippen LogP contribution < -0.4 is 5.73 Å². The first-order valence-corrected chi connectivity index (χ1v) is 6.07. The molecule has 16 heavy (non-hydrogen) atoms. The van der Waals surface area contributed by atoms with E-state index in [-0.39, 0.29) is 12.6 Å². The molecule has 1 heterocycles. The van der Waals surface area contributed by atoms with Crippen LogP contribution in [0.4, 0.5) is 5.69 Å². The van der Waals surface area contributed by atoms with E-state index in [9.17, 15) is 4.79 Å². The Bertz CT molecular complexity index is 336.